The van der Waals surface area contributed by atoms with Crippen molar-refractivity contribution in [1.29, 1.82) is 0 Å². The van der Waals surface area contributed by atoms with Gasteiger partial charge in [0.15, 0.2) is 0 Å². The molecule has 0 aliphatic rings. The number of aryl methyl sites for hydroxylation is 1. The number of rotatable bonds is 5. The number of thiophene rings is 1. The number of hydrogen-bond acceptors (Lipinski definition) is 4. The second-order valence-electron chi connectivity index (χ2n) is 4.66. The maximum Gasteiger partial charge on any atom is 0.225 e. The van der Waals surface area contributed by atoms with Gasteiger partial charge in [0.1, 0.15) is 0 Å². The highest BCUT2D eigenvalue weighted by molar-refractivity contribution is 7.09. The summed E-state index contributed by atoms with van der Waals surface area (Å²) >= 11 is 7.62. The fraction of sp³-hybridized carbons (Fsp3) is 0.429. The molecule has 3 nitrogen and oxygen atoms in total. The topological polar surface area (TPSA) is 29.0 Å². The minimum atomic E-state index is 0.361. The molecule has 0 N–H and O–H groups in total. The van der Waals surface area contributed by atoms with E-state index in [1.54, 1.807) is 11.3 Å². The number of hydrogen-bond donors (Lipinski definition) is 0. The van der Waals surface area contributed by atoms with Gasteiger partial charge in [-0.3, -0.25) is 0 Å². The van der Waals surface area contributed by atoms with Gasteiger partial charge in [0.25, 0.3) is 0 Å². The molecule has 102 valence electrons. The molecule has 1 atom stereocenters. The summed E-state index contributed by atoms with van der Waals surface area (Å²) in [5, 5.41) is 2.11. The van der Waals surface area contributed by atoms with Gasteiger partial charge in [-0.05, 0) is 25.3 Å². The Labute approximate surface area is 123 Å². The van der Waals surface area contributed by atoms with Gasteiger partial charge in [-0.1, -0.05) is 6.07 Å². The van der Waals surface area contributed by atoms with E-state index in [-0.39, 0.29) is 0 Å². The molecule has 0 spiro atoms. The summed E-state index contributed by atoms with van der Waals surface area (Å²) in [5.74, 6) is 1.22. The standard InChI is InChI=1S/C14H18ClN3S/c1-10(7-13-5-4-6-19-13)18(3)14-16-9-12(8-15)11(2)17-14/h4-6,9-10H,7-8H2,1-3H3. The molecule has 5 heteroatoms. The van der Waals surface area contributed by atoms with E-state index in [9.17, 15) is 0 Å². The third kappa shape index (κ3) is 3.45. The second-order valence-corrected chi connectivity index (χ2v) is 5.96. The van der Waals surface area contributed by atoms with Crippen LogP contribution in [0.15, 0.2) is 23.7 Å². The molecule has 0 amide bonds. The molecule has 19 heavy (non-hydrogen) atoms. The van der Waals surface area contributed by atoms with Crippen molar-refractivity contribution in [3.05, 3.63) is 39.8 Å². The lowest BCUT2D eigenvalue weighted by Gasteiger charge is -2.25. The maximum absolute atomic E-state index is 5.83. The highest BCUT2D eigenvalue weighted by Gasteiger charge is 2.14. The van der Waals surface area contributed by atoms with Crippen molar-refractivity contribution >= 4 is 28.9 Å². The summed E-state index contributed by atoms with van der Waals surface area (Å²) in [4.78, 5) is 12.4. The Kier molecular flexibility index (Phi) is 4.77. The van der Waals surface area contributed by atoms with Crippen LogP contribution in [0.4, 0.5) is 5.95 Å². The molecule has 2 heterocycles. The smallest absolute Gasteiger partial charge is 0.225 e. The number of anilines is 1. The fourth-order valence-corrected chi connectivity index (χ4v) is 2.92. The van der Waals surface area contributed by atoms with E-state index in [1.807, 2.05) is 20.2 Å². The zero-order valence-corrected chi connectivity index (χ0v) is 13.0. The van der Waals surface area contributed by atoms with E-state index in [0.29, 0.717) is 11.9 Å². The summed E-state index contributed by atoms with van der Waals surface area (Å²) in [6.45, 7) is 4.16. The molecular formula is C14H18ClN3S. The predicted molar refractivity (Wildman–Crippen MR) is 82.2 cm³/mol. The third-order valence-corrected chi connectivity index (χ3v) is 4.45. The summed E-state index contributed by atoms with van der Waals surface area (Å²) in [6, 6.07) is 4.61. The van der Waals surface area contributed by atoms with Gasteiger partial charge in [0, 0.05) is 41.8 Å². The Morgan fingerprint density at radius 3 is 2.84 bits per heavy atom. The zero-order valence-electron chi connectivity index (χ0n) is 11.4. The highest BCUT2D eigenvalue weighted by atomic mass is 35.5. The van der Waals surface area contributed by atoms with Crippen LogP contribution < -0.4 is 4.90 Å². The van der Waals surface area contributed by atoms with Gasteiger partial charge < -0.3 is 4.90 Å². The molecule has 0 bridgehead atoms. The van der Waals surface area contributed by atoms with Crippen LogP contribution in [0.25, 0.3) is 0 Å². The SMILES string of the molecule is Cc1nc(N(C)C(C)Cc2cccs2)ncc1CCl. The van der Waals surface area contributed by atoms with Crippen LogP contribution in [0.1, 0.15) is 23.1 Å². The number of nitrogens with zero attached hydrogens (tertiary/aromatic N) is 3. The third-order valence-electron chi connectivity index (χ3n) is 3.27. The fourth-order valence-electron chi connectivity index (χ4n) is 1.83. The van der Waals surface area contributed by atoms with Gasteiger partial charge in [0.05, 0.1) is 5.88 Å². The van der Waals surface area contributed by atoms with Crippen molar-refractivity contribution in [2.24, 2.45) is 0 Å². The minimum Gasteiger partial charge on any atom is -0.341 e. The lowest BCUT2D eigenvalue weighted by molar-refractivity contribution is 0.668. The van der Waals surface area contributed by atoms with Gasteiger partial charge >= 0.3 is 0 Å². The average Bonchev–Trinajstić information content (AvgIpc) is 2.90. The van der Waals surface area contributed by atoms with E-state index >= 15 is 0 Å². The molecule has 0 radical (unpaired) electrons. The Bertz CT molecular complexity index is 527. The summed E-state index contributed by atoms with van der Waals surface area (Å²) < 4.78 is 0. The van der Waals surface area contributed by atoms with Gasteiger partial charge in [-0.25, -0.2) is 9.97 Å². The van der Waals surface area contributed by atoms with Crippen molar-refractivity contribution in [2.45, 2.75) is 32.2 Å². The first-order valence-electron chi connectivity index (χ1n) is 6.25. The van der Waals surface area contributed by atoms with Crippen LogP contribution in [0, 0.1) is 6.92 Å². The molecule has 0 aliphatic carbocycles. The molecule has 1 unspecified atom stereocenters. The van der Waals surface area contributed by atoms with E-state index < -0.39 is 0 Å². The molecule has 0 fully saturated rings. The molecule has 2 aromatic heterocycles. The first-order chi connectivity index (χ1) is 9.11. The Morgan fingerprint density at radius 2 is 2.26 bits per heavy atom. The van der Waals surface area contributed by atoms with Crippen molar-refractivity contribution in [3.8, 4) is 0 Å². The average molecular weight is 296 g/mol. The van der Waals surface area contributed by atoms with E-state index in [2.05, 4.69) is 39.3 Å². The molecule has 0 aromatic carbocycles. The second kappa shape index (κ2) is 6.35. The lowest BCUT2D eigenvalue weighted by atomic mass is 10.2. The monoisotopic (exact) mass is 295 g/mol. The van der Waals surface area contributed by atoms with Crippen LogP contribution in [0.5, 0.6) is 0 Å². The summed E-state index contributed by atoms with van der Waals surface area (Å²) in [6.07, 6.45) is 2.83. The molecule has 2 rings (SSSR count). The Morgan fingerprint density at radius 1 is 1.47 bits per heavy atom. The summed E-state index contributed by atoms with van der Waals surface area (Å²) in [5.41, 5.74) is 1.94. The largest absolute Gasteiger partial charge is 0.341 e. The Hall–Kier alpha value is -1.13. The van der Waals surface area contributed by atoms with E-state index in [4.69, 9.17) is 11.6 Å². The Balaban J connectivity index is 2.10. The minimum absolute atomic E-state index is 0.361. The molecule has 2 aromatic rings. The number of aromatic nitrogens is 2. The number of alkyl halides is 1. The molecular weight excluding hydrogens is 278 g/mol. The number of likely N-dealkylation sites (N-methyl/N-ethyl adjacent to an activating group) is 1. The van der Waals surface area contributed by atoms with Crippen LogP contribution in [-0.4, -0.2) is 23.1 Å². The zero-order chi connectivity index (χ0) is 13.8. The molecule has 0 aliphatic heterocycles. The normalized spacial score (nSPS) is 12.4. The van der Waals surface area contributed by atoms with Gasteiger partial charge in [0.2, 0.25) is 5.95 Å². The van der Waals surface area contributed by atoms with Gasteiger partial charge in [-0.2, -0.15) is 0 Å². The van der Waals surface area contributed by atoms with Crippen molar-refractivity contribution in [3.63, 3.8) is 0 Å². The first-order valence-corrected chi connectivity index (χ1v) is 7.67. The molecule has 0 saturated heterocycles. The van der Waals surface area contributed by atoms with Crippen LogP contribution >= 0.6 is 22.9 Å². The van der Waals surface area contributed by atoms with E-state index in [1.165, 1.54) is 4.88 Å². The van der Waals surface area contributed by atoms with Gasteiger partial charge in [-0.15, -0.1) is 22.9 Å². The number of halogens is 1. The summed E-state index contributed by atoms with van der Waals surface area (Å²) in [7, 11) is 2.04. The quantitative estimate of drug-likeness (QED) is 0.789. The predicted octanol–water partition coefficient (Wildman–Crippen LogP) is 3.65. The van der Waals surface area contributed by atoms with Crippen LogP contribution in [0.2, 0.25) is 0 Å². The van der Waals surface area contributed by atoms with E-state index in [0.717, 1.165) is 23.6 Å². The first kappa shape index (κ1) is 14.3. The van der Waals surface area contributed by atoms with Crippen LogP contribution in [0.3, 0.4) is 0 Å². The lowest BCUT2D eigenvalue weighted by Crippen LogP contribution is -2.32. The highest BCUT2D eigenvalue weighted by Crippen LogP contribution is 2.18. The maximum atomic E-state index is 5.83. The van der Waals surface area contributed by atoms with Crippen LogP contribution in [-0.2, 0) is 12.3 Å². The van der Waals surface area contributed by atoms with Crippen molar-refractivity contribution in [2.75, 3.05) is 11.9 Å². The van der Waals surface area contributed by atoms with Crippen molar-refractivity contribution < 1.29 is 0 Å². The molecule has 0 saturated carbocycles. The van der Waals surface area contributed by atoms with Crippen molar-refractivity contribution in [1.82, 2.24) is 9.97 Å².